The monoisotopic (exact) mass is 529 g/mol. The maximum absolute atomic E-state index is 4.21. The van der Waals surface area contributed by atoms with Gasteiger partial charge in [-0.1, -0.05) is 160 Å². The summed E-state index contributed by atoms with van der Waals surface area (Å²) in [6.07, 6.45) is 44.1. The highest BCUT2D eigenvalue weighted by Gasteiger charge is 2.17. The van der Waals surface area contributed by atoms with Gasteiger partial charge in [-0.05, 0) is 76.5 Å². The molecule has 0 fully saturated rings. The summed E-state index contributed by atoms with van der Waals surface area (Å²) >= 11 is 0. The molecular formula is C38H72. The van der Waals surface area contributed by atoms with Crippen LogP contribution in [0.15, 0.2) is 36.0 Å². The summed E-state index contributed by atoms with van der Waals surface area (Å²) < 4.78 is 0. The summed E-state index contributed by atoms with van der Waals surface area (Å²) in [7, 11) is 0. The molecule has 0 saturated carbocycles. The van der Waals surface area contributed by atoms with Crippen LogP contribution in [0.3, 0.4) is 0 Å². The third-order valence-corrected chi connectivity index (χ3v) is 8.43. The molecule has 0 rings (SSSR count). The number of allylic oxidation sites excluding steroid dienone is 5. The highest BCUT2D eigenvalue weighted by atomic mass is 14.2. The zero-order valence-corrected chi connectivity index (χ0v) is 27.1. The fourth-order valence-corrected chi connectivity index (χ4v) is 5.94. The molecule has 0 radical (unpaired) electrons. The Kier molecular flexibility index (Phi) is 30.1. The van der Waals surface area contributed by atoms with Crippen LogP contribution in [0.25, 0.3) is 0 Å². The van der Waals surface area contributed by atoms with Crippen LogP contribution < -0.4 is 0 Å². The molecule has 0 saturated heterocycles. The minimum absolute atomic E-state index is 0.744. The summed E-state index contributed by atoms with van der Waals surface area (Å²) in [6, 6.07) is 0. The van der Waals surface area contributed by atoms with E-state index in [1.807, 2.05) is 11.1 Å². The van der Waals surface area contributed by atoms with Crippen molar-refractivity contribution in [3.8, 4) is 0 Å². The van der Waals surface area contributed by atoms with Gasteiger partial charge in [-0.15, -0.1) is 6.58 Å². The van der Waals surface area contributed by atoms with Gasteiger partial charge in [-0.25, -0.2) is 0 Å². The SMILES string of the molecule is C=CCC(CCCCC=CCCCC)C(CCCCCCCCCC)=C(CCCCCC)CCCCCC. The summed E-state index contributed by atoms with van der Waals surface area (Å²) in [4.78, 5) is 0. The quantitative estimate of drug-likeness (QED) is 0.0642. The molecule has 0 aliphatic carbocycles. The van der Waals surface area contributed by atoms with Crippen LogP contribution in [0.2, 0.25) is 0 Å². The van der Waals surface area contributed by atoms with Gasteiger partial charge in [0, 0.05) is 0 Å². The van der Waals surface area contributed by atoms with Crippen molar-refractivity contribution in [3.63, 3.8) is 0 Å². The van der Waals surface area contributed by atoms with Crippen LogP contribution in [-0.4, -0.2) is 0 Å². The predicted molar refractivity (Wildman–Crippen MR) is 177 cm³/mol. The van der Waals surface area contributed by atoms with Gasteiger partial charge in [0.2, 0.25) is 0 Å². The molecule has 0 amide bonds. The van der Waals surface area contributed by atoms with E-state index in [4.69, 9.17) is 0 Å². The molecule has 0 heteroatoms. The molecule has 0 aliphatic heterocycles. The van der Waals surface area contributed by atoms with Crippen molar-refractivity contribution in [1.82, 2.24) is 0 Å². The van der Waals surface area contributed by atoms with E-state index in [2.05, 4.69) is 52.5 Å². The average Bonchev–Trinajstić information content (AvgIpc) is 2.92. The lowest BCUT2D eigenvalue weighted by molar-refractivity contribution is 0.486. The number of rotatable bonds is 30. The third-order valence-electron chi connectivity index (χ3n) is 8.43. The predicted octanol–water partition coefficient (Wildman–Crippen LogP) is 14.3. The lowest BCUT2D eigenvalue weighted by Gasteiger charge is -2.25. The lowest BCUT2D eigenvalue weighted by Crippen LogP contribution is -2.09. The van der Waals surface area contributed by atoms with Crippen molar-refractivity contribution in [3.05, 3.63) is 36.0 Å². The minimum Gasteiger partial charge on any atom is -0.103 e. The van der Waals surface area contributed by atoms with E-state index in [0.717, 1.165) is 5.92 Å². The molecule has 0 aliphatic rings. The Balaban J connectivity index is 5.29. The first-order chi connectivity index (χ1) is 18.7. The van der Waals surface area contributed by atoms with Gasteiger partial charge >= 0.3 is 0 Å². The normalized spacial score (nSPS) is 12.3. The number of unbranched alkanes of at least 4 members (excludes halogenated alkanes) is 17. The van der Waals surface area contributed by atoms with E-state index >= 15 is 0 Å². The Hall–Kier alpha value is -0.780. The molecule has 0 spiro atoms. The van der Waals surface area contributed by atoms with Crippen LogP contribution in [-0.2, 0) is 0 Å². The molecule has 1 unspecified atom stereocenters. The standard InChI is InChI=1S/C38H72/c1-6-11-15-19-21-23-25-29-32-36(31-10-5)38(35-30-26-24-22-20-16-12-7-2)37(33-27-17-13-8-3)34-28-18-14-9-4/h10,19,21,36H,5-9,11-18,20,22-35H2,1-4H3. The van der Waals surface area contributed by atoms with Crippen molar-refractivity contribution in [2.75, 3.05) is 0 Å². The average molecular weight is 529 g/mol. The molecule has 0 aromatic heterocycles. The van der Waals surface area contributed by atoms with Crippen LogP contribution in [0.4, 0.5) is 0 Å². The molecule has 0 bridgehead atoms. The van der Waals surface area contributed by atoms with Gasteiger partial charge in [0.25, 0.3) is 0 Å². The van der Waals surface area contributed by atoms with Crippen molar-refractivity contribution in [2.24, 2.45) is 5.92 Å². The topological polar surface area (TPSA) is 0 Å². The van der Waals surface area contributed by atoms with Gasteiger partial charge in [0.05, 0.1) is 0 Å². The van der Waals surface area contributed by atoms with Crippen molar-refractivity contribution in [1.29, 1.82) is 0 Å². The summed E-state index contributed by atoms with van der Waals surface area (Å²) in [5.74, 6) is 0.744. The van der Waals surface area contributed by atoms with E-state index in [-0.39, 0.29) is 0 Å². The summed E-state index contributed by atoms with van der Waals surface area (Å²) in [6.45, 7) is 13.5. The van der Waals surface area contributed by atoms with Crippen molar-refractivity contribution < 1.29 is 0 Å². The first-order valence-corrected chi connectivity index (χ1v) is 17.7. The molecule has 0 aromatic rings. The maximum atomic E-state index is 4.21. The highest BCUT2D eigenvalue weighted by molar-refractivity contribution is 5.19. The molecule has 1 atom stereocenters. The van der Waals surface area contributed by atoms with E-state index in [9.17, 15) is 0 Å². The molecule has 0 N–H and O–H groups in total. The van der Waals surface area contributed by atoms with Gasteiger partial charge in [-0.3, -0.25) is 0 Å². The minimum atomic E-state index is 0.744. The lowest BCUT2D eigenvalue weighted by atomic mass is 9.81. The Bertz CT molecular complexity index is 522. The molecule has 0 aromatic carbocycles. The van der Waals surface area contributed by atoms with E-state index in [1.54, 1.807) is 0 Å². The molecule has 0 nitrogen and oxygen atoms in total. The second kappa shape index (κ2) is 30.8. The third kappa shape index (κ3) is 23.1. The molecule has 224 valence electrons. The van der Waals surface area contributed by atoms with Gasteiger partial charge < -0.3 is 0 Å². The second-order valence-electron chi connectivity index (χ2n) is 12.1. The first-order valence-electron chi connectivity index (χ1n) is 17.7. The van der Waals surface area contributed by atoms with Crippen LogP contribution in [0.1, 0.15) is 201 Å². The zero-order chi connectivity index (χ0) is 27.9. The van der Waals surface area contributed by atoms with E-state index in [0.29, 0.717) is 0 Å². The van der Waals surface area contributed by atoms with Crippen molar-refractivity contribution in [2.45, 2.75) is 201 Å². The fraction of sp³-hybridized carbons (Fsp3) is 0.842. The van der Waals surface area contributed by atoms with Crippen molar-refractivity contribution >= 4 is 0 Å². The number of hydrogen-bond donors (Lipinski definition) is 0. The van der Waals surface area contributed by atoms with E-state index in [1.165, 1.54) is 173 Å². The van der Waals surface area contributed by atoms with Gasteiger partial charge in [0.15, 0.2) is 0 Å². The van der Waals surface area contributed by atoms with Gasteiger partial charge in [0.1, 0.15) is 0 Å². The largest absolute Gasteiger partial charge is 0.103 e. The number of hydrogen-bond acceptors (Lipinski definition) is 0. The first kappa shape index (κ1) is 37.2. The zero-order valence-electron chi connectivity index (χ0n) is 27.1. The Labute approximate surface area is 242 Å². The molecule has 38 heavy (non-hydrogen) atoms. The summed E-state index contributed by atoms with van der Waals surface area (Å²) in [5.41, 5.74) is 3.77. The fourth-order valence-electron chi connectivity index (χ4n) is 5.94. The van der Waals surface area contributed by atoms with Crippen LogP contribution >= 0.6 is 0 Å². The summed E-state index contributed by atoms with van der Waals surface area (Å²) in [5, 5.41) is 0. The van der Waals surface area contributed by atoms with Crippen LogP contribution in [0, 0.1) is 5.92 Å². The van der Waals surface area contributed by atoms with Gasteiger partial charge in [-0.2, -0.15) is 0 Å². The Morgan fingerprint density at radius 2 is 0.947 bits per heavy atom. The molecule has 0 heterocycles. The molecular weight excluding hydrogens is 456 g/mol. The Morgan fingerprint density at radius 1 is 0.500 bits per heavy atom. The second-order valence-corrected chi connectivity index (χ2v) is 12.1. The maximum Gasteiger partial charge on any atom is -0.0166 e. The van der Waals surface area contributed by atoms with E-state index < -0.39 is 0 Å². The Morgan fingerprint density at radius 3 is 1.47 bits per heavy atom. The van der Waals surface area contributed by atoms with Crippen LogP contribution in [0.5, 0.6) is 0 Å². The highest BCUT2D eigenvalue weighted by Crippen LogP contribution is 2.34. The smallest absolute Gasteiger partial charge is 0.0166 e.